The Morgan fingerprint density at radius 2 is 1.76 bits per heavy atom. The Bertz CT molecular complexity index is 1190. The van der Waals surface area contributed by atoms with Crippen molar-refractivity contribution in [2.24, 2.45) is 0 Å². The average molecular weight is 493 g/mol. The minimum Gasteiger partial charge on any atom is -0.372 e. The SMILES string of the molecule is CN(CCN1CCN(c2ccccc2)CC1)c1ccnc(CSc2nc3ccccc3[nH]2)c1Cl. The number of imidazole rings is 1. The van der Waals surface area contributed by atoms with E-state index in [9.17, 15) is 0 Å². The van der Waals surface area contributed by atoms with Gasteiger partial charge in [0.15, 0.2) is 5.16 Å². The summed E-state index contributed by atoms with van der Waals surface area (Å²) in [5.74, 6) is 0.668. The predicted molar refractivity (Wildman–Crippen MR) is 143 cm³/mol. The van der Waals surface area contributed by atoms with Crippen LogP contribution in [0.5, 0.6) is 0 Å². The first kappa shape index (κ1) is 23.0. The Balaban J connectivity index is 1.14. The fourth-order valence-electron chi connectivity index (χ4n) is 4.29. The summed E-state index contributed by atoms with van der Waals surface area (Å²) in [6.07, 6.45) is 1.85. The minimum absolute atomic E-state index is 0.668. The van der Waals surface area contributed by atoms with Crippen LogP contribution in [-0.2, 0) is 5.75 Å². The molecule has 1 aliphatic heterocycles. The fourth-order valence-corrected chi connectivity index (χ4v) is 5.53. The maximum absolute atomic E-state index is 6.79. The molecule has 0 spiro atoms. The molecule has 5 rings (SSSR count). The van der Waals surface area contributed by atoms with Crippen LogP contribution in [0.25, 0.3) is 11.0 Å². The molecule has 1 saturated heterocycles. The quantitative estimate of drug-likeness (QED) is 0.343. The highest BCUT2D eigenvalue weighted by molar-refractivity contribution is 7.98. The van der Waals surface area contributed by atoms with Crippen LogP contribution in [-0.4, -0.2) is 66.2 Å². The maximum atomic E-state index is 6.79. The number of likely N-dealkylation sites (N-methyl/N-ethyl adjacent to an activating group) is 1. The Morgan fingerprint density at radius 3 is 2.56 bits per heavy atom. The Hall–Kier alpha value is -2.74. The van der Waals surface area contributed by atoms with E-state index in [-0.39, 0.29) is 0 Å². The molecule has 34 heavy (non-hydrogen) atoms. The number of thioether (sulfide) groups is 1. The van der Waals surface area contributed by atoms with E-state index in [1.165, 1.54) is 5.69 Å². The van der Waals surface area contributed by atoms with Gasteiger partial charge in [-0.05, 0) is 30.3 Å². The van der Waals surface area contributed by atoms with Gasteiger partial charge in [0.2, 0.25) is 0 Å². The molecule has 176 valence electrons. The highest BCUT2D eigenvalue weighted by atomic mass is 35.5. The number of fused-ring (bicyclic) bond motifs is 1. The monoisotopic (exact) mass is 492 g/mol. The minimum atomic E-state index is 0.668. The van der Waals surface area contributed by atoms with Crippen LogP contribution < -0.4 is 9.80 Å². The second kappa shape index (κ2) is 10.7. The van der Waals surface area contributed by atoms with Gasteiger partial charge in [0.1, 0.15) is 0 Å². The largest absolute Gasteiger partial charge is 0.372 e. The summed E-state index contributed by atoms with van der Waals surface area (Å²) in [6, 6.07) is 20.7. The number of anilines is 2. The molecule has 0 amide bonds. The molecular formula is C26H29ClN6S. The molecule has 0 atom stereocenters. The fraction of sp³-hybridized carbons (Fsp3) is 0.308. The molecule has 0 unspecified atom stereocenters. The molecule has 8 heteroatoms. The van der Waals surface area contributed by atoms with Gasteiger partial charge in [0.05, 0.1) is 27.4 Å². The lowest BCUT2D eigenvalue weighted by molar-refractivity contribution is 0.263. The molecule has 2 aromatic carbocycles. The van der Waals surface area contributed by atoms with Crippen molar-refractivity contribution in [2.45, 2.75) is 10.9 Å². The highest BCUT2D eigenvalue weighted by Gasteiger charge is 2.18. The van der Waals surface area contributed by atoms with Crippen LogP contribution in [0.3, 0.4) is 0 Å². The average Bonchev–Trinajstić information content (AvgIpc) is 3.30. The zero-order valence-corrected chi connectivity index (χ0v) is 20.9. The second-order valence-electron chi connectivity index (χ2n) is 8.52. The number of hydrogen-bond donors (Lipinski definition) is 1. The summed E-state index contributed by atoms with van der Waals surface area (Å²) in [6.45, 7) is 6.21. The lowest BCUT2D eigenvalue weighted by atomic mass is 10.2. The van der Waals surface area contributed by atoms with Gasteiger partial charge in [-0.1, -0.05) is 53.7 Å². The van der Waals surface area contributed by atoms with E-state index in [0.717, 1.165) is 71.9 Å². The predicted octanol–water partition coefficient (Wildman–Crippen LogP) is 5.16. The highest BCUT2D eigenvalue weighted by Crippen LogP contribution is 2.31. The maximum Gasteiger partial charge on any atom is 0.166 e. The van der Waals surface area contributed by atoms with E-state index in [4.69, 9.17) is 11.6 Å². The third kappa shape index (κ3) is 5.32. The van der Waals surface area contributed by atoms with E-state index >= 15 is 0 Å². The molecule has 4 aromatic rings. The number of nitrogens with zero attached hydrogens (tertiary/aromatic N) is 5. The topological polar surface area (TPSA) is 51.3 Å². The van der Waals surface area contributed by atoms with Gasteiger partial charge in [-0.2, -0.15) is 0 Å². The summed E-state index contributed by atoms with van der Waals surface area (Å²) in [4.78, 5) is 19.8. The molecule has 0 bridgehead atoms. The van der Waals surface area contributed by atoms with Crippen LogP contribution in [0, 0.1) is 0 Å². The third-order valence-electron chi connectivity index (χ3n) is 6.31. The van der Waals surface area contributed by atoms with Crippen molar-refractivity contribution < 1.29 is 0 Å². The van der Waals surface area contributed by atoms with E-state index in [2.05, 4.69) is 67.0 Å². The molecule has 1 N–H and O–H groups in total. The Morgan fingerprint density at radius 1 is 1.00 bits per heavy atom. The van der Waals surface area contributed by atoms with Gasteiger partial charge in [0, 0.05) is 64.0 Å². The molecule has 0 aliphatic carbocycles. The van der Waals surface area contributed by atoms with Gasteiger partial charge < -0.3 is 14.8 Å². The molecule has 3 heterocycles. The van der Waals surface area contributed by atoms with Gasteiger partial charge in [-0.3, -0.25) is 9.88 Å². The van der Waals surface area contributed by atoms with Gasteiger partial charge in [0.25, 0.3) is 0 Å². The zero-order valence-electron chi connectivity index (χ0n) is 19.3. The number of hydrogen-bond acceptors (Lipinski definition) is 6. The zero-order chi connectivity index (χ0) is 23.3. The summed E-state index contributed by atoms with van der Waals surface area (Å²) in [5, 5.41) is 1.61. The number of benzene rings is 2. The number of pyridine rings is 1. The van der Waals surface area contributed by atoms with Crippen molar-refractivity contribution in [2.75, 3.05) is 56.1 Å². The second-order valence-corrected chi connectivity index (χ2v) is 9.87. The van der Waals surface area contributed by atoms with Crippen molar-refractivity contribution in [3.63, 3.8) is 0 Å². The Labute approximate surface area is 209 Å². The van der Waals surface area contributed by atoms with Gasteiger partial charge in [-0.25, -0.2) is 4.98 Å². The lowest BCUT2D eigenvalue weighted by Crippen LogP contribution is -2.48. The lowest BCUT2D eigenvalue weighted by Gasteiger charge is -2.37. The van der Waals surface area contributed by atoms with Crippen molar-refractivity contribution >= 4 is 45.8 Å². The van der Waals surface area contributed by atoms with Crippen LogP contribution in [0.15, 0.2) is 72.0 Å². The summed E-state index contributed by atoms with van der Waals surface area (Å²) < 4.78 is 0. The van der Waals surface area contributed by atoms with Crippen LogP contribution in [0.2, 0.25) is 5.02 Å². The van der Waals surface area contributed by atoms with Gasteiger partial charge in [-0.15, -0.1) is 0 Å². The van der Waals surface area contributed by atoms with Crippen LogP contribution in [0.1, 0.15) is 5.69 Å². The van der Waals surface area contributed by atoms with Crippen molar-refractivity contribution in [1.82, 2.24) is 19.9 Å². The third-order valence-corrected chi connectivity index (χ3v) is 7.61. The van der Waals surface area contributed by atoms with Gasteiger partial charge >= 0.3 is 0 Å². The van der Waals surface area contributed by atoms with Crippen molar-refractivity contribution in [3.05, 3.63) is 77.6 Å². The normalized spacial score (nSPS) is 14.6. The number of halogens is 1. The molecular weight excluding hydrogens is 464 g/mol. The van der Waals surface area contributed by atoms with E-state index in [1.807, 2.05) is 36.5 Å². The van der Waals surface area contributed by atoms with Crippen LogP contribution >= 0.6 is 23.4 Å². The number of H-pyrrole nitrogens is 1. The van der Waals surface area contributed by atoms with Crippen molar-refractivity contribution in [1.29, 1.82) is 0 Å². The molecule has 1 aliphatic rings. The summed E-state index contributed by atoms with van der Waals surface area (Å²) in [7, 11) is 2.11. The number of para-hydroxylation sites is 3. The number of aromatic nitrogens is 3. The first-order chi connectivity index (χ1) is 16.7. The van der Waals surface area contributed by atoms with Crippen LogP contribution in [0.4, 0.5) is 11.4 Å². The van der Waals surface area contributed by atoms with E-state index < -0.39 is 0 Å². The number of piperazine rings is 1. The standard InChI is InChI=1S/C26H29ClN6S/c1-31(13-14-32-15-17-33(18-16-32)20-7-3-2-4-8-20)24-11-12-28-23(25(24)27)19-34-26-29-21-9-5-6-10-22(21)30-26/h2-12H,13-19H2,1H3,(H,29,30). The van der Waals surface area contributed by atoms with E-state index in [1.54, 1.807) is 11.8 Å². The number of aromatic amines is 1. The van der Waals surface area contributed by atoms with Crippen molar-refractivity contribution in [3.8, 4) is 0 Å². The molecule has 2 aromatic heterocycles. The molecule has 0 saturated carbocycles. The molecule has 1 fully saturated rings. The molecule has 0 radical (unpaired) electrons. The first-order valence-electron chi connectivity index (χ1n) is 11.6. The number of rotatable bonds is 8. The summed E-state index contributed by atoms with van der Waals surface area (Å²) >= 11 is 8.41. The summed E-state index contributed by atoms with van der Waals surface area (Å²) in [5.41, 5.74) is 5.24. The first-order valence-corrected chi connectivity index (χ1v) is 13.0. The smallest absolute Gasteiger partial charge is 0.166 e. The molecule has 6 nitrogen and oxygen atoms in total. The van der Waals surface area contributed by atoms with E-state index in [0.29, 0.717) is 5.75 Å². The Kier molecular flexibility index (Phi) is 7.23. The number of nitrogens with one attached hydrogen (secondary N) is 1.